The highest BCUT2D eigenvalue weighted by Crippen LogP contribution is 2.16. The van der Waals surface area contributed by atoms with Crippen molar-refractivity contribution in [2.75, 3.05) is 39.8 Å². The standard InChI is InChI=1S/C23H29N3O3/c1-29-21-11-6-5-10-20(21)23(28)24-13-12-22(27)26-15-7-14-25(16-17-26)18-19-8-3-2-4-9-19/h2-6,8-11H,7,12-18H2,1H3,(H,24,28). The molecule has 1 N–H and O–H groups in total. The molecule has 6 nitrogen and oxygen atoms in total. The van der Waals surface area contributed by atoms with Crippen LogP contribution in [0.1, 0.15) is 28.8 Å². The van der Waals surface area contributed by atoms with Crippen molar-refractivity contribution in [1.82, 2.24) is 15.1 Å². The molecular weight excluding hydrogens is 366 g/mol. The Kier molecular flexibility index (Phi) is 7.64. The summed E-state index contributed by atoms with van der Waals surface area (Å²) in [7, 11) is 1.54. The van der Waals surface area contributed by atoms with Gasteiger partial charge >= 0.3 is 0 Å². The molecule has 1 aliphatic rings. The molecule has 0 saturated carbocycles. The fraction of sp³-hybridized carbons (Fsp3) is 0.391. The van der Waals surface area contributed by atoms with Crippen LogP contribution in [0, 0.1) is 0 Å². The van der Waals surface area contributed by atoms with Crippen LogP contribution in [-0.2, 0) is 11.3 Å². The summed E-state index contributed by atoms with van der Waals surface area (Å²) in [4.78, 5) is 29.2. The molecule has 1 heterocycles. The van der Waals surface area contributed by atoms with Crippen molar-refractivity contribution in [2.45, 2.75) is 19.4 Å². The third kappa shape index (κ3) is 6.06. The van der Waals surface area contributed by atoms with Gasteiger partial charge < -0.3 is 15.0 Å². The molecule has 29 heavy (non-hydrogen) atoms. The van der Waals surface area contributed by atoms with Crippen molar-refractivity contribution in [2.24, 2.45) is 0 Å². The van der Waals surface area contributed by atoms with E-state index in [0.717, 1.165) is 39.1 Å². The molecule has 0 aromatic heterocycles. The SMILES string of the molecule is COc1ccccc1C(=O)NCCC(=O)N1CCCN(Cc2ccccc2)CC1. The van der Waals surface area contributed by atoms with Crippen LogP contribution in [0.3, 0.4) is 0 Å². The van der Waals surface area contributed by atoms with Crippen molar-refractivity contribution >= 4 is 11.8 Å². The van der Waals surface area contributed by atoms with Gasteiger partial charge in [-0.15, -0.1) is 0 Å². The minimum absolute atomic E-state index is 0.0897. The summed E-state index contributed by atoms with van der Waals surface area (Å²) in [6, 6.07) is 17.5. The van der Waals surface area contributed by atoms with Gasteiger partial charge in [0.2, 0.25) is 5.91 Å². The summed E-state index contributed by atoms with van der Waals surface area (Å²) in [5.74, 6) is 0.398. The molecule has 2 aromatic carbocycles. The summed E-state index contributed by atoms with van der Waals surface area (Å²) < 4.78 is 5.21. The number of methoxy groups -OCH3 is 1. The smallest absolute Gasteiger partial charge is 0.255 e. The normalized spacial score (nSPS) is 14.9. The topological polar surface area (TPSA) is 61.9 Å². The van der Waals surface area contributed by atoms with Crippen LogP contribution in [-0.4, -0.2) is 61.4 Å². The van der Waals surface area contributed by atoms with E-state index >= 15 is 0 Å². The summed E-state index contributed by atoms with van der Waals surface area (Å²) in [5.41, 5.74) is 1.78. The number of para-hydroxylation sites is 1. The first-order valence-electron chi connectivity index (χ1n) is 10.1. The fourth-order valence-electron chi connectivity index (χ4n) is 3.59. The maximum absolute atomic E-state index is 12.6. The van der Waals surface area contributed by atoms with E-state index in [2.05, 4.69) is 34.5 Å². The lowest BCUT2D eigenvalue weighted by Crippen LogP contribution is -2.37. The lowest BCUT2D eigenvalue weighted by Gasteiger charge is -2.22. The van der Waals surface area contributed by atoms with Crippen molar-refractivity contribution in [3.63, 3.8) is 0 Å². The number of nitrogens with one attached hydrogen (secondary N) is 1. The molecular formula is C23H29N3O3. The monoisotopic (exact) mass is 395 g/mol. The number of benzene rings is 2. The molecule has 0 aliphatic carbocycles. The van der Waals surface area contributed by atoms with Crippen LogP contribution in [0.4, 0.5) is 0 Å². The van der Waals surface area contributed by atoms with Gasteiger partial charge in [0.05, 0.1) is 12.7 Å². The zero-order valence-electron chi connectivity index (χ0n) is 17.0. The van der Waals surface area contributed by atoms with E-state index < -0.39 is 0 Å². The Labute approximate surface area is 172 Å². The molecule has 6 heteroatoms. The average Bonchev–Trinajstić information content (AvgIpc) is 3.00. The number of carbonyl (C=O) groups is 2. The zero-order valence-corrected chi connectivity index (χ0v) is 17.0. The van der Waals surface area contributed by atoms with E-state index in [9.17, 15) is 9.59 Å². The quantitative estimate of drug-likeness (QED) is 0.783. The number of amides is 2. The molecule has 0 unspecified atom stereocenters. The van der Waals surface area contributed by atoms with Gasteiger partial charge in [0.25, 0.3) is 5.91 Å². The Bertz CT molecular complexity index is 810. The van der Waals surface area contributed by atoms with E-state index in [1.165, 1.54) is 12.7 Å². The molecule has 0 bridgehead atoms. The Morgan fingerprint density at radius 2 is 1.72 bits per heavy atom. The van der Waals surface area contributed by atoms with Gasteiger partial charge in [-0.3, -0.25) is 14.5 Å². The van der Waals surface area contributed by atoms with Crippen LogP contribution >= 0.6 is 0 Å². The number of carbonyl (C=O) groups excluding carboxylic acids is 2. The van der Waals surface area contributed by atoms with Crippen molar-refractivity contribution in [3.05, 3.63) is 65.7 Å². The van der Waals surface area contributed by atoms with Gasteiger partial charge in [0.1, 0.15) is 5.75 Å². The first-order valence-corrected chi connectivity index (χ1v) is 10.1. The van der Waals surface area contributed by atoms with Gasteiger partial charge in [0.15, 0.2) is 0 Å². The molecule has 2 aromatic rings. The highest BCUT2D eigenvalue weighted by atomic mass is 16.5. The first-order chi connectivity index (χ1) is 14.2. The second-order valence-electron chi connectivity index (χ2n) is 7.20. The third-order valence-electron chi connectivity index (χ3n) is 5.17. The summed E-state index contributed by atoms with van der Waals surface area (Å²) in [6.45, 7) is 4.59. The Morgan fingerprint density at radius 1 is 0.966 bits per heavy atom. The maximum atomic E-state index is 12.6. The molecule has 0 radical (unpaired) electrons. The third-order valence-corrected chi connectivity index (χ3v) is 5.17. The number of rotatable bonds is 7. The van der Waals surface area contributed by atoms with E-state index in [0.29, 0.717) is 24.3 Å². The number of hydrogen-bond acceptors (Lipinski definition) is 4. The molecule has 0 spiro atoms. The minimum atomic E-state index is -0.222. The lowest BCUT2D eigenvalue weighted by atomic mass is 10.2. The van der Waals surface area contributed by atoms with E-state index in [4.69, 9.17) is 4.74 Å². The number of hydrogen-bond donors (Lipinski definition) is 1. The van der Waals surface area contributed by atoms with Gasteiger partial charge in [0, 0.05) is 45.7 Å². The largest absolute Gasteiger partial charge is 0.496 e. The van der Waals surface area contributed by atoms with Gasteiger partial charge in [-0.1, -0.05) is 42.5 Å². The van der Waals surface area contributed by atoms with Crippen LogP contribution in [0.5, 0.6) is 5.75 Å². The predicted octanol–water partition coefficient (Wildman–Crippen LogP) is 2.55. The summed E-state index contributed by atoms with van der Waals surface area (Å²) in [6.07, 6.45) is 1.27. The van der Waals surface area contributed by atoms with Gasteiger partial charge in [-0.2, -0.15) is 0 Å². The van der Waals surface area contributed by atoms with Crippen LogP contribution in [0.2, 0.25) is 0 Å². The Morgan fingerprint density at radius 3 is 2.52 bits per heavy atom. The Balaban J connectivity index is 1.43. The molecule has 0 atom stereocenters. The first kappa shape index (κ1) is 20.9. The molecule has 1 saturated heterocycles. The van der Waals surface area contributed by atoms with Crippen LogP contribution in [0.15, 0.2) is 54.6 Å². The van der Waals surface area contributed by atoms with Crippen LogP contribution < -0.4 is 10.1 Å². The van der Waals surface area contributed by atoms with Crippen LogP contribution in [0.25, 0.3) is 0 Å². The number of nitrogens with zero attached hydrogens (tertiary/aromatic N) is 2. The van der Waals surface area contributed by atoms with Gasteiger partial charge in [-0.25, -0.2) is 0 Å². The minimum Gasteiger partial charge on any atom is -0.496 e. The lowest BCUT2D eigenvalue weighted by molar-refractivity contribution is -0.130. The highest BCUT2D eigenvalue weighted by molar-refractivity contribution is 5.97. The second kappa shape index (κ2) is 10.6. The fourth-order valence-corrected chi connectivity index (χ4v) is 3.59. The average molecular weight is 396 g/mol. The summed E-state index contributed by atoms with van der Waals surface area (Å²) >= 11 is 0. The second-order valence-corrected chi connectivity index (χ2v) is 7.20. The summed E-state index contributed by atoms with van der Waals surface area (Å²) in [5, 5.41) is 2.82. The highest BCUT2D eigenvalue weighted by Gasteiger charge is 2.19. The molecule has 2 amide bonds. The van der Waals surface area contributed by atoms with E-state index in [1.807, 2.05) is 17.0 Å². The van der Waals surface area contributed by atoms with Crippen molar-refractivity contribution in [1.29, 1.82) is 0 Å². The molecule has 1 aliphatic heterocycles. The zero-order chi connectivity index (χ0) is 20.5. The number of ether oxygens (including phenoxy) is 1. The van der Waals surface area contributed by atoms with Crippen molar-refractivity contribution < 1.29 is 14.3 Å². The predicted molar refractivity (Wildman–Crippen MR) is 113 cm³/mol. The van der Waals surface area contributed by atoms with Crippen molar-refractivity contribution in [3.8, 4) is 5.75 Å². The molecule has 154 valence electrons. The maximum Gasteiger partial charge on any atom is 0.255 e. The van der Waals surface area contributed by atoms with E-state index in [1.54, 1.807) is 18.2 Å². The molecule has 1 fully saturated rings. The molecule has 3 rings (SSSR count). The van der Waals surface area contributed by atoms with Gasteiger partial charge in [-0.05, 0) is 24.1 Å². The van der Waals surface area contributed by atoms with E-state index in [-0.39, 0.29) is 11.8 Å². The Hall–Kier alpha value is -2.86.